The number of hydrazone groups is 1. The SMILES string of the molecule is COc1cccc(/C=N/NC(=O)C(=O)Nc2ccccc2C(=O)N2CCOCC2)c1O. The quantitative estimate of drug-likeness (QED) is 0.371. The number of anilines is 1. The van der Waals surface area contributed by atoms with E-state index in [1.54, 1.807) is 41.3 Å². The Kier molecular flexibility index (Phi) is 7.17. The van der Waals surface area contributed by atoms with Crippen LogP contribution in [0.3, 0.4) is 0 Å². The molecule has 162 valence electrons. The molecule has 0 spiro atoms. The summed E-state index contributed by atoms with van der Waals surface area (Å²) in [6, 6.07) is 11.2. The van der Waals surface area contributed by atoms with Gasteiger partial charge in [0.25, 0.3) is 5.91 Å². The zero-order valence-corrected chi connectivity index (χ0v) is 16.8. The van der Waals surface area contributed by atoms with Crippen molar-refractivity contribution in [1.29, 1.82) is 0 Å². The minimum absolute atomic E-state index is 0.150. The van der Waals surface area contributed by atoms with Crippen molar-refractivity contribution in [2.75, 3.05) is 38.7 Å². The molecule has 10 nitrogen and oxygen atoms in total. The summed E-state index contributed by atoms with van der Waals surface area (Å²) in [6.45, 7) is 1.80. The molecule has 0 aromatic heterocycles. The number of ether oxygens (including phenoxy) is 2. The summed E-state index contributed by atoms with van der Waals surface area (Å²) in [5.41, 5.74) is 2.87. The molecule has 1 aliphatic heterocycles. The van der Waals surface area contributed by atoms with Gasteiger partial charge in [-0.3, -0.25) is 14.4 Å². The number of nitrogens with one attached hydrogen (secondary N) is 2. The molecule has 2 aromatic rings. The third-order valence-electron chi connectivity index (χ3n) is 4.53. The number of para-hydroxylation sites is 2. The van der Waals surface area contributed by atoms with Gasteiger partial charge in [0, 0.05) is 18.7 Å². The van der Waals surface area contributed by atoms with Crippen molar-refractivity contribution < 1.29 is 29.0 Å². The van der Waals surface area contributed by atoms with Crippen molar-refractivity contribution in [2.45, 2.75) is 0 Å². The number of carbonyl (C=O) groups is 3. The second kappa shape index (κ2) is 10.2. The minimum atomic E-state index is -1.03. The fourth-order valence-electron chi connectivity index (χ4n) is 2.91. The number of hydrogen-bond acceptors (Lipinski definition) is 7. The average Bonchev–Trinajstić information content (AvgIpc) is 2.80. The van der Waals surface area contributed by atoms with Crippen LogP contribution in [0.2, 0.25) is 0 Å². The first-order valence-electron chi connectivity index (χ1n) is 9.47. The number of morpholine rings is 1. The van der Waals surface area contributed by atoms with Crippen molar-refractivity contribution in [3.05, 3.63) is 53.6 Å². The number of amides is 3. The molecule has 2 aromatic carbocycles. The molecule has 3 rings (SSSR count). The molecule has 0 unspecified atom stereocenters. The largest absolute Gasteiger partial charge is 0.504 e. The molecule has 3 amide bonds. The van der Waals surface area contributed by atoms with Gasteiger partial charge in [0.05, 0.1) is 37.8 Å². The van der Waals surface area contributed by atoms with Gasteiger partial charge in [-0.05, 0) is 24.3 Å². The lowest BCUT2D eigenvalue weighted by molar-refractivity contribution is -0.136. The second-order valence-electron chi connectivity index (χ2n) is 6.50. The summed E-state index contributed by atoms with van der Waals surface area (Å²) in [7, 11) is 1.41. The Morgan fingerprint density at radius 3 is 2.58 bits per heavy atom. The van der Waals surface area contributed by atoms with Gasteiger partial charge in [-0.25, -0.2) is 5.43 Å². The minimum Gasteiger partial charge on any atom is -0.504 e. The molecule has 10 heteroatoms. The van der Waals surface area contributed by atoms with E-state index in [0.29, 0.717) is 31.9 Å². The van der Waals surface area contributed by atoms with E-state index in [0.717, 1.165) is 0 Å². The normalized spacial score (nSPS) is 13.6. The van der Waals surface area contributed by atoms with Crippen molar-refractivity contribution in [1.82, 2.24) is 10.3 Å². The average molecular weight is 426 g/mol. The van der Waals surface area contributed by atoms with E-state index < -0.39 is 11.8 Å². The van der Waals surface area contributed by atoms with Crippen molar-refractivity contribution in [2.24, 2.45) is 5.10 Å². The summed E-state index contributed by atoms with van der Waals surface area (Å²) in [5, 5.41) is 16.1. The molecule has 1 aliphatic rings. The van der Waals surface area contributed by atoms with E-state index in [-0.39, 0.29) is 28.7 Å². The van der Waals surface area contributed by atoms with Crippen LogP contribution in [0.15, 0.2) is 47.6 Å². The van der Waals surface area contributed by atoms with Crippen LogP contribution < -0.4 is 15.5 Å². The highest BCUT2D eigenvalue weighted by Gasteiger charge is 2.22. The number of phenolic OH excluding ortho intramolecular Hbond substituents is 1. The molecule has 1 saturated heterocycles. The Morgan fingerprint density at radius 1 is 1.10 bits per heavy atom. The first kappa shape index (κ1) is 21.8. The van der Waals surface area contributed by atoms with Crippen LogP contribution in [0, 0.1) is 0 Å². The van der Waals surface area contributed by atoms with Crippen LogP contribution in [0.4, 0.5) is 5.69 Å². The Labute approximate surface area is 178 Å². The lowest BCUT2D eigenvalue weighted by atomic mass is 10.1. The van der Waals surface area contributed by atoms with Crippen molar-refractivity contribution >= 4 is 29.6 Å². The number of aromatic hydroxyl groups is 1. The summed E-state index contributed by atoms with van der Waals surface area (Å²) in [6.07, 6.45) is 1.18. The second-order valence-corrected chi connectivity index (χ2v) is 6.50. The van der Waals surface area contributed by atoms with Gasteiger partial charge in [-0.2, -0.15) is 5.10 Å². The lowest BCUT2D eigenvalue weighted by Gasteiger charge is -2.27. The van der Waals surface area contributed by atoms with Gasteiger partial charge in [0.15, 0.2) is 11.5 Å². The number of methoxy groups -OCH3 is 1. The number of nitrogens with zero attached hydrogens (tertiary/aromatic N) is 2. The molecule has 1 heterocycles. The molecule has 0 aliphatic carbocycles. The maximum atomic E-state index is 12.7. The molecule has 1 fully saturated rings. The smallest absolute Gasteiger partial charge is 0.329 e. The summed E-state index contributed by atoms with van der Waals surface area (Å²) in [4.78, 5) is 38.7. The lowest BCUT2D eigenvalue weighted by Crippen LogP contribution is -2.41. The zero-order valence-electron chi connectivity index (χ0n) is 16.8. The van der Waals surface area contributed by atoms with Gasteiger partial charge in [-0.1, -0.05) is 18.2 Å². The molecular weight excluding hydrogens is 404 g/mol. The van der Waals surface area contributed by atoms with Crippen LogP contribution in [0.1, 0.15) is 15.9 Å². The molecule has 31 heavy (non-hydrogen) atoms. The van der Waals surface area contributed by atoms with Gasteiger partial charge in [0.1, 0.15) is 0 Å². The topological polar surface area (TPSA) is 130 Å². The Hall–Kier alpha value is -3.92. The van der Waals surface area contributed by atoms with Gasteiger partial charge < -0.3 is 24.8 Å². The van der Waals surface area contributed by atoms with E-state index in [9.17, 15) is 19.5 Å². The molecule has 0 bridgehead atoms. The number of rotatable bonds is 5. The fourth-order valence-corrected chi connectivity index (χ4v) is 2.91. The fraction of sp³-hybridized carbons (Fsp3) is 0.238. The predicted octanol–water partition coefficient (Wildman–Crippen LogP) is 0.962. The third kappa shape index (κ3) is 5.37. The molecule has 0 atom stereocenters. The Morgan fingerprint density at radius 2 is 1.84 bits per heavy atom. The molecule has 3 N–H and O–H groups in total. The van der Waals surface area contributed by atoms with Crippen molar-refractivity contribution in [3.63, 3.8) is 0 Å². The maximum absolute atomic E-state index is 12.7. The number of carbonyl (C=O) groups excluding carboxylic acids is 3. The highest BCUT2D eigenvalue weighted by atomic mass is 16.5. The van der Waals surface area contributed by atoms with Gasteiger partial charge in [-0.15, -0.1) is 0 Å². The van der Waals surface area contributed by atoms with E-state index >= 15 is 0 Å². The maximum Gasteiger partial charge on any atom is 0.329 e. The third-order valence-corrected chi connectivity index (χ3v) is 4.53. The number of benzene rings is 2. The van der Waals surface area contributed by atoms with Gasteiger partial charge >= 0.3 is 11.8 Å². The van der Waals surface area contributed by atoms with Crippen LogP contribution in [-0.2, 0) is 14.3 Å². The van der Waals surface area contributed by atoms with E-state index in [4.69, 9.17) is 9.47 Å². The van der Waals surface area contributed by atoms with Crippen LogP contribution in [0.25, 0.3) is 0 Å². The highest BCUT2D eigenvalue weighted by Crippen LogP contribution is 2.27. The molecule has 0 radical (unpaired) electrons. The predicted molar refractivity (Wildman–Crippen MR) is 112 cm³/mol. The summed E-state index contributed by atoms with van der Waals surface area (Å²) < 4.78 is 10.2. The number of phenols is 1. The summed E-state index contributed by atoms with van der Waals surface area (Å²) >= 11 is 0. The van der Waals surface area contributed by atoms with Crippen LogP contribution >= 0.6 is 0 Å². The van der Waals surface area contributed by atoms with E-state index in [1.165, 1.54) is 19.4 Å². The van der Waals surface area contributed by atoms with Crippen LogP contribution in [-0.4, -0.2) is 67.4 Å². The van der Waals surface area contributed by atoms with E-state index in [2.05, 4.69) is 15.8 Å². The summed E-state index contributed by atoms with van der Waals surface area (Å²) in [5.74, 6) is -2.19. The highest BCUT2D eigenvalue weighted by molar-refractivity contribution is 6.40. The van der Waals surface area contributed by atoms with E-state index in [1.807, 2.05) is 0 Å². The van der Waals surface area contributed by atoms with Gasteiger partial charge in [0.2, 0.25) is 0 Å². The Balaban J connectivity index is 1.64. The first-order valence-corrected chi connectivity index (χ1v) is 9.47. The molecule has 0 saturated carbocycles. The van der Waals surface area contributed by atoms with Crippen molar-refractivity contribution in [3.8, 4) is 11.5 Å². The number of hydrogen-bond donors (Lipinski definition) is 3. The first-order chi connectivity index (χ1) is 15.0. The zero-order chi connectivity index (χ0) is 22.2. The standard InChI is InChI=1S/C21H22N4O6/c1-30-17-8-4-5-14(18(17)26)13-22-24-20(28)19(27)23-16-7-3-2-6-15(16)21(29)25-9-11-31-12-10-25/h2-8,13,26H,9-12H2,1H3,(H,23,27)(H,24,28)/b22-13+. The monoisotopic (exact) mass is 426 g/mol. The Bertz CT molecular complexity index is 1000. The van der Waals surface area contributed by atoms with Crippen LogP contribution in [0.5, 0.6) is 11.5 Å². The molecular formula is C21H22N4O6.